The van der Waals surface area contributed by atoms with Crippen LogP contribution in [0.4, 0.5) is 5.82 Å². The van der Waals surface area contributed by atoms with Gasteiger partial charge in [-0.2, -0.15) is 5.10 Å². The molecule has 0 bridgehead atoms. The Morgan fingerprint density at radius 3 is 2.39 bits per heavy atom. The zero-order chi connectivity index (χ0) is 34.5. The first kappa shape index (κ1) is 38.4. The Kier molecular flexibility index (Phi) is 12.9. The standard InChI is InChI=1S/C34H58ClN5O4Si2/c1-24(41)38-26-14-12-13-25(17-26)32(42)39-31-18-27(29(35)21-36-31)28-20-37-40(23-43-15-16-45(7,8)9)30(28)19-34(5,6)22-44-46(10,11)33(2,3)4/h18,20-21,25-26H,12-17,19,22-23H2,1-11H3,(H,38,41)(H,36,39,42)/t25-,26+/m1/s1. The van der Waals surface area contributed by atoms with Crippen LogP contribution in [0, 0.1) is 11.3 Å². The van der Waals surface area contributed by atoms with Crippen LogP contribution in [0.15, 0.2) is 18.5 Å². The number of carbonyl (C=O) groups excluding carboxylic acids is 2. The molecular weight excluding hydrogens is 634 g/mol. The minimum absolute atomic E-state index is 0.0149. The molecule has 2 amide bonds. The van der Waals surface area contributed by atoms with Gasteiger partial charge in [-0.05, 0) is 61.3 Å². The first-order valence-electron chi connectivity index (χ1n) is 16.7. The molecule has 0 aliphatic heterocycles. The van der Waals surface area contributed by atoms with Gasteiger partial charge in [-0.1, -0.05) is 72.3 Å². The Labute approximate surface area is 284 Å². The molecule has 2 atom stereocenters. The lowest BCUT2D eigenvalue weighted by atomic mass is 9.85. The average Bonchev–Trinajstić information content (AvgIpc) is 3.31. The van der Waals surface area contributed by atoms with Gasteiger partial charge in [-0.25, -0.2) is 9.67 Å². The van der Waals surface area contributed by atoms with Gasteiger partial charge in [0.15, 0.2) is 8.32 Å². The van der Waals surface area contributed by atoms with Gasteiger partial charge >= 0.3 is 0 Å². The molecule has 1 fully saturated rings. The minimum Gasteiger partial charge on any atom is -0.416 e. The van der Waals surface area contributed by atoms with E-state index in [1.54, 1.807) is 6.20 Å². The van der Waals surface area contributed by atoms with Crippen molar-refractivity contribution in [3.8, 4) is 11.1 Å². The second-order valence-electron chi connectivity index (χ2n) is 16.5. The zero-order valence-corrected chi connectivity index (χ0v) is 32.9. The van der Waals surface area contributed by atoms with Crippen molar-refractivity contribution >= 4 is 45.6 Å². The lowest BCUT2D eigenvalue weighted by Crippen LogP contribution is -2.43. The summed E-state index contributed by atoms with van der Waals surface area (Å²) in [6.45, 7) is 26.0. The normalized spacial score (nSPS) is 18.0. The number of ether oxygens (including phenoxy) is 1. The molecule has 0 aromatic carbocycles. The minimum atomic E-state index is -1.94. The van der Waals surface area contributed by atoms with Crippen LogP contribution in [0.2, 0.25) is 48.8 Å². The Balaban J connectivity index is 1.88. The second kappa shape index (κ2) is 15.4. The van der Waals surface area contributed by atoms with Gasteiger partial charge in [-0.15, -0.1) is 0 Å². The van der Waals surface area contributed by atoms with E-state index in [0.29, 0.717) is 43.6 Å². The molecular formula is C34H58ClN5O4Si2. The summed E-state index contributed by atoms with van der Waals surface area (Å²) in [5.74, 6) is 0.0885. The maximum absolute atomic E-state index is 13.3. The SMILES string of the molecule is CC(=O)N[C@H]1CCC[C@@H](C(=O)Nc2cc(-c3cnn(COCC[Si](C)(C)C)c3CC(C)(C)CO[Si](C)(C)C(C)(C)C)c(Cl)cn2)C1. The summed E-state index contributed by atoms with van der Waals surface area (Å²) in [5.41, 5.74) is 2.46. The maximum atomic E-state index is 13.3. The highest BCUT2D eigenvalue weighted by molar-refractivity contribution is 6.76. The number of anilines is 1. The molecule has 2 aromatic heterocycles. The number of halogens is 1. The number of hydrogen-bond acceptors (Lipinski definition) is 6. The van der Waals surface area contributed by atoms with Crippen LogP contribution >= 0.6 is 11.6 Å². The van der Waals surface area contributed by atoms with Crippen LogP contribution in [0.5, 0.6) is 0 Å². The van der Waals surface area contributed by atoms with Crippen molar-refractivity contribution in [3.63, 3.8) is 0 Å². The van der Waals surface area contributed by atoms with Gasteiger partial charge in [0.05, 0.1) is 11.2 Å². The van der Waals surface area contributed by atoms with Crippen LogP contribution in [0.25, 0.3) is 11.1 Å². The predicted octanol–water partition coefficient (Wildman–Crippen LogP) is 8.13. The van der Waals surface area contributed by atoms with Crippen molar-refractivity contribution in [1.29, 1.82) is 0 Å². The molecule has 1 saturated carbocycles. The van der Waals surface area contributed by atoms with Crippen molar-refractivity contribution in [2.75, 3.05) is 18.5 Å². The fraction of sp³-hybridized carbons (Fsp3) is 0.706. The van der Waals surface area contributed by atoms with Crippen molar-refractivity contribution in [2.45, 2.75) is 130 Å². The summed E-state index contributed by atoms with van der Waals surface area (Å²) in [6.07, 6.45) is 7.30. The monoisotopic (exact) mass is 691 g/mol. The molecule has 2 aromatic rings. The molecule has 0 spiro atoms. The molecule has 0 radical (unpaired) electrons. The number of aromatic nitrogens is 3. The van der Waals surface area contributed by atoms with Crippen LogP contribution in [-0.4, -0.2) is 62.2 Å². The third-order valence-corrected chi connectivity index (χ3v) is 15.8. The fourth-order valence-electron chi connectivity index (χ4n) is 5.35. The van der Waals surface area contributed by atoms with Gasteiger partial charge in [0.25, 0.3) is 0 Å². The topological polar surface area (TPSA) is 107 Å². The molecule has 12 heteroatoms. The maximum Gasteiger partial charge on any atom is 0.228 e. The third-order valence-electron chi connectivity index (χ3n) is 9.28. The van der Waals surface area contributed by atoms with E-state index < -0.39 is 16.4 Å². The number of amides is 2. The largest absolute Gasteiger partial charge is 0.416 e. The van der Waals surface area contributed by atoms with E-state index in [-0.39, 0.29) is 34.2 Å². The van der Waals surface area contributed by atoms with Crippen molar-refractivity contribution in [3.05, 3.63) is 29.2 Å². The lowest BCUT2D eigenvalue weighted by Gasteiger charge is -2.39. The molecule has 2 N–H and O–H groups in total. The number of carbonyl (C=O) groups is 2. The smallest absolute Gasteiger partial charge is 0.228 e. The van der Waals surface area contributed by atoms with E-state index in [0.717, 1.165) is 42.1 Å². The molecule has 0 unspecified atom stereocenters. The molecule has 3 rings (SSSR count). The van der Waals surface area contributed by atoms with Crippen molar-refractivity contribution < 1.29 is 18.8 Å². The Hall–Kier alpha value is -2.06. The predicted molar refractivity (Wildman–Crippen MR) is 193 cm³/mol. The second-order valence-corrected chi connectivity index (χ2v) is 27.4. The summed E-state index contributed by atoms with van der Waals surface area (Å²) >= 11 is 6.79. The molecule has 9 nitrogen and oxygen atoms in total. The Morgan fingerprint density at radius 2 is 1.76 bits per heavy atom. The quantitative estimate of drug-likeness (QED) is 0.153. The number of nitrogens with one attached hydrogen (secondary N) is 2. The molecule has 258 valence electrons. The van der Waals surface area contributed by atoms with Crippen molar-refractivity contribution in [1.82, 2.24) is 20.1 Å². The van der Waals surface area contributed by atoms with E-state index in [1.165, 1.54) is 6.92 Å². The Bertz CT molecular complexity index is 1350. The zero-order valence-electron chi connectivity index (χ0n) is 30.1. The van der Waals surface area contributed by atoms with Crippen LogP contribution in [0.3, 0.4) is 0 Å². The number of pyridine rings is 1. The van der Waals surface area contributed by atoms with Gasteiger partial charge < -0.3 is 19.8 Å². The molecule has 1 aliphatic rings. The van der Waals surface area contributed by atoms with Gasteiger partial charge in [0, 0.05) is 63.2 Å². The number of hydrogen-bond donors (Lipinski definition) is 2. The summed E-state index contributed by atoms with van der Waals surface area (Å²) in [5, 5.41) is 11.4. The van der Waals surface area contributed by atoms with E-state index in [9.17, 15) is 9.59 Å². The van der Waals surface area contributed by atoms with Gasteiger partial charge in [0.2, 0.25) is 11.8 Å². The summed E-state index contributed by atoms with van der Waals surface area (Å²) in [4.78, 5) is 29.3. The molecule has 1 aliphatic carbocycles. The highest BCUT2D eigenvalue weighted by Gasteiger charge is 2.39. The first-order chi connectivity index (χ1) is 21.2. The average molecular weight is 692 g/mol. The summed E-state index contributed by atoms with van der Waals surface area (Å²) in [6, 6.07) is 2.93. The van der Waals surface area contributed by atoms with Gasteiger partial charge in [0.1, 0.15) is 12.5 Å². The van der Waals surface area contributed by atoms with E-state index in [2.05, 4.69) is 83.0 Å². The summed E-state index contributed by atoms with van der Waals surface area (Å²) < 4.78 is 14.8. The molecule has 0 saturated heterocycles. The van der Waals surface area contributed by atoms with E-state index >= 15 is 0 Å². The van der Waals surface area contributed by atoms with Crippen LogP contribution in [0.1, 0.15) is 72.9 Å². The highest BCUT2D eigenvalue weighted by atomic mass is 35.5. The number of nitrogens with zero attached hydrogens (tertiary/aromatic N) is 3. The van der Waals surface area contributed by atoms with Crippen molar-refractivity contribution in [2.24, 2.45) is 11.3 Å². The summed E-state index contributed by atoms with van der Waals surface area (Å²) in [7, 11) is -3.18. The molecule has 2 heterocycles. The van der Waals surface area contributed by atoms with Crippen LogP contribution < -0.4 is 10.6 Å². The fourth-order valence-corrected chi connectivity index (χ4v) is 7.49. The highest BCUT2D eigenvalue weighted by Crippen LogP contribution is 2.39. The Morgan fingerprint density at radius 1 is 1.07 bits per heavy atom. The van der Waals surface area contributed by atoms with E-state index in [1.807, 2.05) is 16.9 Å². The van der Waals surface area contributed by atoms with Gasteiger partial charge in [-0.3, -0.25) is 9.59 Å². The number of rotatable bonds is 14. The van der Waals surface area contributed by atoms with E-state index in [4.69, 9.17) is 25.9 Å². The molecule has 46 heavy (non-hydrogen) atoms. The first-order valence-corrected chi connectivity index (χ1v) is 23.7. The lowest BCUT2D eigenvalue weighted by molar-refractivity contribution is -0.123. The van der Waals surface area contributed by atoms with Crippen LogP contribution in [-0.2, 0) is 31.9 Å². The third kappa shape index (κ3) is 11.3.